The van der Waals surface area contributed by atoms with Crippen molar-refractivity contribution in [3.8, 4) is 0 Å². The summed E-state index contributed by atoms with van der Waals surface area (Å²) < 4.78 is 40.0. The fourth-order valence-corrected chi connectivity index (χ4v) is 5.83. The highest BCUT2D eigenvalue weighted by molar-refractivity contribution is 7.89. The summed E-state index contributed by atoms with van der Waals surface area (Å²) >= 11 is 0. The summed E-state index contributed by atoms with van der Waals surface area (Å²) in [5.41, 5.74) is 1.77. The van der Waals surface area contributed by atoms with Crippen LogP contribution in [0.5, 0.6) is 0 Å². The Morgan fingerprint density at radius 3 is 2.45 bits per heavy atom. The summed E-state index contributed by atoms with van der Waals surface area (Å²) in [5, 5.41) is 2.95. The quantitative estimate of drug-likeness (QED) is 0.699. The van der Waals surface area contributed by atoms with Gasteiger partial charge in [-0.3, -0.25) is 9.59 Å². The molecule has 9 heteroatoms. The Morgan fingerprint density at radius 1 is 1.03 bits per heavy atom. The van der Waals surface area contributed by atoms with Crippen LogP contribution in [0.2, 0.25) is 0 Å². The van der Waals surface area contributed by atoms with Gasteiger partial charge in [0, 0.05) is 44.2 Å². The number of rotatable bonds is 6. The maximum atomic E-state index is 13.1. The molecule has 0 radical (unpaired) electrons. The van der Waals surface area contributed by atoms with Gasteiger partial charge in [0.25, 0.3) is 0 Å². The number of anilines is 1. The van der Waals surface area contributed by atoms with Gasteiger partial charge >= 0.3 is 0 Å². The highest BCUT2D eigenvalue weighted by Gasteiger charge is 2.32. The van der Waals surface area contributed by atoms with E-state index in [2.05, 4.69) is 5.32 Å². The van der Waals surface area contributed by atoms with Crippen LogP contribution in [-0.2, 0) is 26.2 Å². The maximum absolute atomic E-state index is 13.1. The molecule has 2 fully saturated rings. The number of amides is 2. The lowest BCUT2D eigenvalue weighted by Gasteiger charge is -2.30. The Bertz CT molecular complexity index is 1110. The summed E-state index contributed by atoms with van der Waals surface area (Å²) in [7, 11) is -3.70. The van der Waals surface area contributed by atoms with E-state index in [0.29, 0.717) is 32.4 Å². The van der Waals surface area contributed by atoms with Crippen molar-refractivity contribution in [2.24, 2.45) is 5.92 Å². The minimum Gasteiger partial charge on any atom is -0.352 e. The molecule has 7 nitrogen and oxygen atoms in total. The number of hydrogen-bond acceptors (Lipinski definition) is 4. The topological polar surface area (TPSA) is 86.8 Å². The zero-order chi connectivity index (χ0) is 23.4. The lowest BCUT2D eigenvalue weighted by atomic mass is 9.97. The number of carbonyl (C=O) groups is 2. The van der Waals surface area contributed by atoms with E-state index in [1.54, 1.807) is 4.90 Å². The molecular formula is C24H28FN3O4S. The summed E-state index contributed by atoms with van der Waals surface area (Å²) in [6.07, 6.45) is 3.33. The normalized spacial score (nSPS) is 18.3. The second-order valence-corrected chi connectivity index (χ2v) is 10.5. The molecule has 176 valence electrons. The van der Waals surface area contributed by atoms with Gasteiger partial charge in [-0.1, -0.05) is 12.1 Å². The third kappa shape index (κ3) is 5.42. The van der Waals surface area contributed by atoms with E-state index >= 15 is 0 Å². The molecule has 0 aromatic heterocycles. The Labute approximate surface area is 193 Å². The fraction of sp³-hybridized carbons (Fsp3) is 0.417. The predicted octanol–water partition coefficient (Wildman–Crippen LogP) is 3.06. The molecule has 4 rings (SSSR count). The van der Waals surface area contributed by atoms with Crippen LogP contribution in [0.3, 0.4) is 0 Å². The molecule has 0 unspecified atom stereocenters. The van der Waals surface area contributed by atoms with Crippen LogP contribution in [0, 0.1) is 11.7 Å². The van der Waals surface area contributed by atoms with Crippen LogP contribution in [0.4, 0.5) is 10.1 Å². The molecule has 0 aliphatic carbocycles. The lowest BCUT2D eigenvalue weighted by Crippen LogP contribution is -2.42. The molecule has 2 heterocycles. The van der Waals surface area contributed by atoms with Crippen molar-refractivity contribution in [2.75, 3.05) is 24.5 Å². The van der Waals surface area contributed by atoms with Gasteiger partial charge in [-0.15, -0.1) is 0 Å². The van der Waals surface area contributed by atoms with Gasteiger partial charge in [0.15, 0.2) is 0 Å². The smallest absolute Gasteiger partial charge is 0.243 e. The number of nitrogens with one attached hydrogen (secondary N) is 1. The molecule has 0 saturated carbocycles. The molecule has 0 spiro atoms. The van der Waals surface area contributed by atoms with Crippen molar-refractivity contribution in [2.45, 2.75) is 43.5 Å². The zero-order valence-corrected chi connectivity index (χ0v) is 19.2. The summed E-state index contributed by atoms with van der Waals surface area (Å²) in [6, 6.07) is 12.4. The van der Waals surface area contributed by atoms with Gasteiger partial charge in [-0.2, -0.15) is 4.31 Å². The van der Waals surface area contributed by atoms with Gasteiger partial charge in [0.05, 0.1) is 4.90 Å². The highest BCUT2D eigenvalue weighted by atomic mass is 32.2. The highest BCUT2D eigenvalue weighted by Crippen LogP contribution is 2.25. The molecule has 2 aliphatic rings. The molecule has 2 aromatic carbocycles. The number of piperidine rings is 2. The number of sulfonamides is 1. The number of halogens is 1. The first-order valence-electron chi connectivity index (χ1n) is 11.3. The van der Waals surface area contributed by atoms with Crippen molar-refractivity contribution in [1.29, 1.82) is 0 Å². The lowest BCUT2D eigenvalue weighted by molar-refractivity contribution is -0.126. The number of hydrogen-bond donors (Lipinski definition) is 1. The van der Waals surface area contributed by atoms with Crippen molar-refractivity contribution in [1.82, 2.24) is 9.62 Å². The maximum Gasteiger partial charge on any atom is 0.243 e. The van der Waals surface area contributed by atoms with Crippen LogP contribution < -0.4 is 10.2 Å². The standard InChI is InChI=1S/C24H28FN3O4S/c25-20-7-9-22(10-8-20)33(31,32)27-14-11-19(12-15-27)24(30)26-17-18-4-3-5-21(16-18)28-13-2-1-6-23(28)29/h3-5,7-10,16,19H,1-2,6,11-15,17H2,(H,26,30). The Hall–Kier alpha value is -2.78. The fourth-order valence-electron chi connectivity index (χ4n) is 4.36. The third-order valence-electron chi connectivity index (χ3n) is 6.29. The number of benzene rings is 2. The first kappa shape index (κ1) is 23.4. The van der Waals surface area contributed by atoms with E-state index in [4.69, 9.17) is 0 Å². The van der Waals surface area contributed by atoms with E-state index in [1.807, 2.05) is 24.3 Å². The Morgan fingerprint density at radius 2 is 1.76 bits per heavy atom. The summed E-state index contributed by atoms with van der Waals surface area (Å²) in [6.45, 7) is 1.55. The summed E-state index contributed by atoms with van der Waals surface area (Å²) in [4.78, 5) is 26.7. The van der Waals surface area contributed by atoms with Gasteiger partial charge in [-0.25, -0.2) is 12.8 Å². The molecule has 1 N–H and O–H groups in total. The molecule has 0 bridgehead atoms. The predicted molar refractivity (Wildman–Crippen MR) is 122 cm³/mol. The Kier molecular flexibility index (Phi) is 7.09. The number of carbonyl (C=O) groups excluding carboxylic acids is 2. The molecule has 2 saturated heterocycles. The van der Waals surface area contributed by atoms with E-state index < -0.39 is 15.8 Å². The van der Waals surface area contributed by atoms with Crippen LogP contribution >= 0.6 is 0 Å². The minimum absolute atomic E-state index is 0.0545. The van der Waals surface area contributed by atoms with Crippen LogP contribution in [-0.4, -0.2) is 44.2 Å². The van der Waals surface area contributed by atoms with Gasteiger partial charge in [0.1, 0.15) is 5.82 Å². The summed E-state index contributed by atoms with van der Waals surface area (Å²) in [5.74, 6) is -0.730. The van der Waals surface area contributed by atoms with Crippen LogP contribution in [0.1, 0.15) is 37.7 Å². The van der Waals surface area contributed by atoms with Crippen molar-refractivity contribution in [3.63, 3.8) is 0 Å². The van der Waals surface area contributed by atoms with Gasteiger partial charge in [-0.05, 0) is 67.6 Å². The average molecular weight is 474 g/mol. The van der Waals surface area contributed by atoms with E-state index in [-0.39, 0.29) is 35.7 Å². The molecule has 0 atom stereocenters. The first-order chi connectivity index (χ1) is 15.8. The van der Waals surface area contributed by atoms with E-state index in [9.17, 15) is 22.4 Å². The van der Waals surface area contributed by atoms with Crippen LogP contribution in [0.15, 0.2) is 53.4 Å². The molecule has 2 aliphatic heterocycles. The Balaban J connectivity index is 1.30. The zero-order valence-electron chi connectivity index (χ0n) is 18.4. The molecular weight excluding hydrogens is 445 g/mol. The first-order valence-corrected chi connectivity index (χ1v) is 12.7. The number of nitrogens with zero attached hydrogens (tertiary/aromatic N) is 2. The van der Waals surface area contributed by atoms with E-state index in [0.717, 1.165) is 36.2 Å². The van der Waals surface area contributed by atoms with Gasteiger partial charge in [0.2, 0.25) is 21.8 Å². The average Bonchev–Trinajstić information content (AvgIpc) is 2.83. The van der Waals surface area contributed by atoms with Crippen molar-refractivity contribution in [3.05, 3.63) is 59.9 Å². The molecule has 2 aromatic rings. The second kappa shape index (κ2) is 10.0. The molecule has 33 heavy (non-hydrogen) atoms. The third-order valence-corrected chi connectivity index (χ3v) is 8.20. The second-order valence-electron chi connectivity index (χ2n) is 8.52. The van der Waals surface area contributed by atoms with Crippen LogP contribution in [0.25, 0.3) is 0 Å². The molecule has 2 amide bonds. The minimum atomic E-state index is -3.70. The van der Waals surface area contributed by atoms with Gasteiger partial charge < -0.3 is 10.2 Å². The van der Waals surface area contributed by atoms with Crippen molar-refractivity contribution >= 4 is 27.5 Å². The largest absolute Gasteiger partial charge is 0.352 e. The van der Waals surface area contributed by atoms with E-state index in [1.165, 1.54) is 16.4 Å². The SMILES string of the molecule is O=C(NCc1cccc(N2CCCCC2=O)c1)C1CCN(S(=O)(=O)c2ccc(F)cc2)CC1. The van der Waals surface area contributed by atoms with Crippen molar-refractivity contribution < 1.29 is 22.4 Å². The monoisotopic (exact) mass is 473 g/mol.